The summed E-state index contributed by atoms with van der Waals surface area (Å²) in [7, 11) is 1.52. The lowest BCUT2D eigenvalue weighted by atomic mass is 10.1. The van der Waals surface area contributed by atoms with E-state index >= 15 is 0 Å². The molecule has 0 amide bonds. The number of phenolic OH excluding ortho intramolecular Hbond substituents is 1. The zero-order valence-electron chi connectivity index (χ0n) is 11.9. The molecule has 5 nitrogen and oxygen atoms in total. The molecule has 0 heterocycles. The highest BCUT2D eigenvalue weighted by atomic mass is 16.5. The Bertz CT molecular complexity index is 667. The molecule has 0 aliphatic carbocycles. The number of rotatable bonds is 5. The van der Waals surface area contributed by atoms with Crippen molar-refractivity contribution in [3.8, 4) is 11.5 Å². The number of aromatic hydroxyl groups is 1. The number of hydrogen-bond donors (Lipinski definition) is 3. The summed E-state index contributed by atoms with van der Waals surface area (Å²) in [6.07, 6.45) is 0. The van der Waals surface area contributed by atoms with E-state index in [4.69, 9.17) is 9.84 Å². The summed E-state index contributed by atoms with van der Waals surface area (Å²) < 4.78 is 5.20. The van der Waals surface area contributed by atoms with Crippen molar-refractivity contribution in [2.24, 2.45) is 0 Å². The van der Waals surface area contributed by atoms with Gasteiger partial charge in [0, 0.05) is 12.1 Å². The number of carboxylic acid groups (broad SMARTS) is 1. The van der Waals surface area contributed by atoms with Crippen LogP contribution in [0.4, 0.5) is 5.69 Å². The molecule has 3 N–H and O–H groups in total. The van der Waals surface area contributed by atoms with E-state index in [1.54, 1.807) is 12.1 Å². The highest BCUT2D eigenvalue weighted by Crippen LogP contribution is 2.27. The quantitative estimate of drug-likeness (QED) is 0.787. The lowest BCUT2D eigenvalue weighted by Gasteiger charge is -2.13. The van der Waals surface area contributed by atoms with E-state index < -0.39 is 5.97 Å². The highest BCUT2D eigenvalue weighted by molar-refractivity contribution is 5.89. The summed E-state index contributed by atoms with van der Waals surface area (Å²) in [5.74, 6) is -0.257. The Labute approximate surface area is 122 Å². The normalized spacial score (nSPS) is 10.2. The van der Waals surface area contributed by atoms with Crippen LogP contribution in [0.2, 0.25) is 0 Å². The van der Waals surface area contributed by atoms with Crippen molar-refractivity contribution in [3.63, 3.8) is 0 Å². The Morgan fingerprint density at radius 3 is 2.67 bits per heavy atom. The van der Waals surface area contributed by atoms with Gasteiger partial charge in [0.25, 0.3) is 0 Å². The van der Waals surface area contributed by atoms with Crippen LogP contribution in [0.5, 0.6) is 11.5 Å². The second-order valence-corrected chi connectivity index (χ2v) is 4.71. The SMILES string of the molecule is COc1ccc(C(=O)O)cc1NCc1cc(C)ccc1O. The van der Waals surface area contributed by atoms with Gasteiger partial charge in [0.05, 0.1) is 18.4 Å². The Kier molecular flexibility index (Phi) is 4.33. The summed E-state index contributed by atoms with van der Waals surface area (Å²) in [4.78, 5) is 11.0. The number of ether oxygens (including phenoxy) is 1. The van der Waals surface area contributed by atoms with Gasteiger partial charge in [0.2, 0.25) is 0 Å². The fourth-order valence-electron chi connectivity index (χ4n) is 2.03. The average Bonchev–Trinajstić information content (AvgIpc) is 2.47. The molecule has 110 valence electrons. The second-order valence-electron chi connectivity index (χ2n) is 4.71. The molecule has 0 aliphatic heterocycles. The minimum Gasteiger partial charge on any atom is -0.508 e. The number of methoxy groups -OCH3 is 1. The molecule has 5 heteroatoms. The van der Waals surface area contributed by atoms with Gasteiger partial charge in [-0.15, -0.1) is 0 Å². The van der Waals surface area contributed by atoms with Gasteiger partial charge < -0.3 is 20.3 Å². The lowest BCUT2D eigenvalue weighted by Crippen LogP contribution is -2.04. The first-order chi connectivity index (χ1) is 10.0. The van der Waals surface area contributed by atoms with Gasteiger partial charge in [-0.2, -0.15) is 0 Å². The molecule has 0 fully saturated rings. The predicted molar refractivity (Wildman–Crippen MR) is 80.1 cm³/mol. The van der Waals surface area contributed by atoms with Crippen molar-refractivity contribution in [1.82, 2.24) is 0 Å². The van der Waals surface area contributed by atoms with Crippen molar-refractivity contribution >= 4 is 11.7 Å². The summed E-state index contributed by atoms with van der Waals surface area (Å²) in [6.45, 7) is 2.31. The minimum absolute atomic E-state index is 0.173. The maximum Gasteiger partial charge on any atom is 0.335 e. The van der Waals surface area contributed by atoms with E-state index in [2.05, 4.69) is 5.32 Å². The fraction of sp³-hybridized carbons (Fsp3) is 0.188. The van der Waals surface area contributed by atoms with E-state index in [9.17, 15) is 9.90 Å². The molecular weight excluding hydrogens is 270 g/mol. The van der Waals surface area contributed by atoms with Crippen molar-refractivity contribution in [2.45, 2.75) is 13.5 Å². The molecule has 0 saturated heterocycles. The number of phenols is 1. The van der Waals surface area contributed by atoms with Gasteiger partial charge >= 0.3 is 5.97 Å². The third-order valence-electron chi connectivity index (χ3n) is 3.15. The molecule has 0 spiro atoms. The topological polar surface area (TPSA) is 78.8 Å². The Morgan fingerprint density at radius 2 is 2.00 bits per heavy atom. The Morgan fingerprint density at radius 1 is 1.24 bits per heavy atom. The van der Waals surface area contributed by atoms with Gasteiger partial charge in [-0.3, -0.25) is 0 Å². The molecule has 21 heavy (non-hydrogen) atoms. The molecule has 0 radical (unpaired) electrons. The first-order valence-electron chi connectivity index (χ1n) is 6.45. The van der Waals surface area contributed by atoms with Crippen molar-refractivity contribution in [1.29, 1.82) is 0 Å². The smallest absolute Gasteiger partial charge is 0.335 e. The van der Waals surface area contributed by atoms with Gasteiger partial charge in [0.15, 0.2) is 0 Å². The number of benzene rings is 2. The van der Waals surface area contributed by atoms with Crippen LogP contribution in [0.25, 0.3) is 0 Å². The molecular formula is C16H17NO4. The molecule has 2 rings (SSSR count). The highest BCUT2D eigenvalue weighted by Gasteiger charge is 2.09. The maximum absolute atomic E-state index is 11.0. The monoisotopic (exact) mass is 287 g/mol. The molecule has 0 unspecified atom stereocenters. The first-order valence-corrected chi connectivity index (χ1v) is 6.45. The van der Waals surface area contributed by atoms with Gasteiger partial charge in [0.1, 0.15) is 11.5 Å². The molecule has 2 aromatic carbocycles. The summed E-state index contributed by atoms with van der Waals surface area (Å²) in [5, 5.41) is 21.9. The number of anilines is 1. The number of aryl methyl sites for hydroxylation is 1. The van der Waals surface area contributed by atoms with Crippen LogP contribution in [0, 0.1) is 6.92 Å². The molecule has 0 bridgehead atoms. The molecule has 0 aliphatic rings. The van der Waals surface area contributed by atoms with Gasteiger partial charge in [-0.1, -0.05) is 17.7 Å². The number of aromatic carboxylic acids is 1. The van der Waals surface area contributed by atoms with E-state index in [0.29, 0.717) is 18.0 Å². The summed E-state index contributed by atoms with van der Waals surface area (Å²) in [6, 6.07) is 9.92. The minimum atomic E-state index is -1.00. The van der Waals surface area contributed by atoms with Crippen LogP contribution in [-0.2, 0) is 6.54 Å². The van der Waals surface area contributed by atoms with Gasteiger partial charge in [-0.05, 0) is 31.2 Å². The molecule has 2 aromatic rings. The number of nitrogens with one attached hydrogen (secondary N) is 1. The number of carbonyl (C=O) groups is 1. The standard InChI is InChI=1S/C16H17NO4/c1-10-3-5-14(18)12(7-10)9-17-13-8-11(16(19)20)4-6-15(13)21-2/h3-8,17-18H,9H2,1-2H3,(H,19,20). The van der Waals surface area contributed by atoms with Crippen molar-refractivity contribution < 1.29 is 19.7 Å². The van der Waals surface area contributed by atoms with E-state index in [-0.39, 0.29) is 11.3 Å². The van der Waals surface area contributed by atoms with E-state index in [1.165, 1.54) is 19.2 Å². The number of hydrogen-bond acceptors (Lipinski definition) is 4. The largest absolute Gasteiger partial charge is 0.508 e. The number of carboxylic acids is 1. The molecule has 0 aromatic heterocycles. The van der Waals surface area contributed by atoms with Crippen LogP contribution in [-0.4, -0.2) is 23.3 Å². The van der Waals surface area contributed by atoms with Crippen LogP contribution < -0.4 is 10.1 Å². The average molecular weight is 287 g/mol. The second kappa shape index (κ2) is 6.17. The first kappa shape index (κ1) is 14.7. The predicted octanol–water partition coefficient (Wildman–Crippen LogP) is 3.02. The lowest BCUT2D eigenvalue weighted by molar-refractivity contribution is 0.0697. The van der Waals surface area contributed by atoms with Crippen molar-refractivity contribution in [3.05, 3.63) is 53.1 Å². The Balaban J connectivity index is 2.24. The fourth-order valence-corrected chi connectivity index (χ4v) is 2.03. The van der Waals surface area contributed by atoms with E-state index in [0.717, 1.165) is 11.1 Å². The molecule has 0 atom stereocenters. The Hall–Kier alpha value is -2.69. The van der Waals surface area contributed by atoms with E-state index in [1.807, 2.05) is 19.1 Å². The summed E-state index contributed by atoms with van der Waals surface area (Å²) >= 11 is 0. The third-order valence-corrected chi connectivity index (χ3v) is 3.15. The summed E-state index contributed by atoms with van der Waals surface area (Å²) in [5.41, 5.74) is 2.51. The van der Waals surface area contributed by atoms with Crippen molar-refractivity contribution in [2.75, 3.05) is 12.4 Å². The van der Waals surface area contributed by atoms with Crippen LogP contribution >= 0.6 is 0 Å². The van der Waals surface area contributed by atoms with Crippen LogP contribution in [0.1, 0.15) is 21.5 Å². The zero-order valence-corrected chi connectivity index (χ0v) is 11.9. The van der Waals surface area contributed by atoms with Crippen LogP contribution in [0.3, 0.4) is 0 Å². The van der Waals surface area contributed by atoms with Gasteiger partial charge in [-0.25, -0.2) is 4.79 Å². The van der Waals surface area contributed by atoms with Crippen LogP contribution in [0.15, 0.2) is 36.4 Å². The third kappa shape index (κ3) is 3.45. The maximum atomic E-state index is 11.0. The molecule has 0 saturated carbocycles. The zero-order chi connectivity index (χ0) is 15.4.